The molecule has 0 radical (unpaired) electrons. The summed E-state index contributed by atoms with van der Waals surface area (Å²) in [5, 5.41) is 3.44. The van der Waals surface area contributed by atoms with E-state index in [2.05, 4.69) is 53.8 Å². The van der Waals surface area contributed by atoms with Gasteiger partial charge in [-0.05, 0) is 26.2 Å². The van der Waals surface area contributed by atoms with Crippen molar-refractivity contribution in [2.45, 2.75) is 74.1 Å². The maximum absolute atomic E-state index is 5.90. The molecule has 1 aromatic heterocycles. The molecular weight excluding hydrogens is 262 g/mol. The van der Waals surface area contributed by atoms with Gasteiger partial charge in [-0.25, -0.2) is 9.97 Å². The van der Waals surface area contributed by atoms with Crippen molar-refractivity contribution in [3.8, 4) is 0 Å². The summed E-state index contributed by atoms with van der Waals surface area (Å²) in [5.41, 5.74) is 3.25. The van der Waals surface area contributed by atoms with Crippen LogP contribution in [-0.2, 0) is 11.3 Å². The van der Waals surface area contributed by atoms with Gasteiger partial charge in [-0.2, -0.15) is 0 Å². The van der Waals surface area contributed by atoms with E-state index in [4.69, 9.17) is 14.7 Å². The Kier molecular flexibility index (Phi) is 6.29. The third kappa shape index (κ3) is 5.04. The van der Waals surface area contributed by atoms with Gasteiger partial charge in [0.15, 0.2) is 5.82 Å². The van der Waals surface area contributed by atoms with E-state index in [0.717, 1.165) is 23.8 Å². The van der Waals surface area contributed by atoms with Crippen molar-refractivity contribution < 1.29 is 4.74 Å². The Morgan fingerprint density at radius 3 is 2.00 bits per heavy atom. The van der Waals surface area contributed by atoms with E-state index in [-0.39, 0.29) is 11.5 Å². The maximum Gasteiger partial charge on any atom is 0.158 e. The van der Waals surface area contributed by atoms with Gasteiger partial charge in [-0.15, -0.1) is 0 Å². The zero-order valence-corrected chi connectivity index (χ0v) is 14.9. The summed E-state index contributed by atoms with van der Waals surface area (Å²) in [7, 11) is 0. The molecule has 0 aliphatic carbocycles. The van der Waals surface area contributed by atoms with Crippen LogP contribution >= 0.6 is 0 Å². The normalized spacial score (nSPS) is 13.8. The van der Waals surface area contributed by atoms with E-state index in [1.165, 1.54) is 5.56 Å². The van der Waals surface area contributed by atoms with Gasteiger partial charge < -0.3 is 10.1 Å². The van der Waals surface area contributed by atoms with Crippen LogP contribution in [0.4, 0.5) is 0 Å². The smallest absolute Gasteiger partial charge is 0.158 e. The largest absolute Gasteiger partial charge is 0.370 e. The molecule has 0 aliphatic rings. The third-order valence-corrected chi connectivity index (χ3v) is 3.48. The Labute approximate surface area is 129 Å². The van der Waals surface area contributed by atoms with Crippen molar-refractivity contribution in [1.29, 1.82) is 0 Å². The molecule has 0 bridgehead atoms. The molecule has 1 rings (SSSR count). The van der Waals surface area contributed by atoms with Gasteiger partial charge in [-0.1, -0.05) is 34.6 Å². The minimum absolute atomic E-state index is 0.0212. The molecule has 0 aromatic carbocycles. The molecule has 0 fully saturated rings. The van der Waals surface area contributed by atoms with Crippen LogP contribution < -0.4 is 5.32 Å². The van der Waals surface area contributed by atoms with Gasteiger partial charge in [0.2, 0.25) is 0 Å². The zero-order valence-electron chi connectivity index (χ0n) is 14.9. The summed E-state index contributed by atoms with van der Waals surface area (Å²) < 4.78 is 5.90. The molecule has 21 heavy (non-hydrogen) atoms. The molecule has 0 amide bonds. The van der Waals surface area contributed by atoms with Crippen LogP contribution in [0.5, 0.6) is 0 Å². The van der Waals surface area contributed by atoms with Crippen molar-refractivity contribution in [3.63, 3.8) is 0 Å². The first-order chi connectivity index (χ1) is 9.66. The quantitative estimate of drug-likeness (QED) is 0.868. The number of hydrogen-bond donors (Lipinski definition) is 1. The van der Waals surface area contributed by atoms with E-state index in [1.54, 1.807) is 0 Å². The van der Waals surface area contributed by atoms with Gasteiger partial charge >= 0.3 is 0 Å². The Morgan fingerprint density at radius 1 is 1.10 bits per heavy atom. The highest BCUT2D eigenvalue weighted by molar-refractivity contribution is 5.25. The average molecular weight is 293 g/mol. The zero-order chi connectivity index (χ0) is 16.2. The van der Waals surface area contributed by atoms with E-state index in [9.17, 15) is 0 Å². The molecule has 1 N–H and O–H groups in total. The number of ether oxygens (including phenoxy) is 1. The lowest BCUT2D eigenvalue weighted by atomic mass is 9.88. The first-order valence-corrected chi connectivity index (χ1v) is 7.85. The summed E-state index contributed by atoms with van der Waals surface area (Å²) in [6.45, 7) is 18.4. The standard InChI is InChI=1S/C17H31N3O/c1-9-21-15(17(6,7)8)16-19-12(4)14(13(5)20-16)10-18-11(2)3/h11,15,18H,9-10H2,1-8H3. The number of hydrogen-bond acceptors (Lipinski definition) is 4. The highest BCUT2D eigenvalue weighted by Crippen LogP contribution is 2.34. The molecule has 1 heterocycles. The summed E-state index contributed by atoms with van der Waals surface area (Å²) >= 11 is 0. The molecule has 4 heteroatoms. The first-order valence-electron chi connectivity index (χ1n) is 7.85. The Morgan fingerprint density at radius 2 is 1.62 bits per heavy atom. The van der Waals surface area contributed by atoms with E-state index >= 15 is 0 Å². The maximum atomic E-state index is 5.90. The SMILES string of the molecule is CCOC(c1nc(C)c(CNC(C)C)c(C)n1)C(C)(C)C. The molecule has 0 saturated carbocycles. The minimum atomic E-state index is -0.0768. The minimum Gasteiger partial charge on any atom is -0.370 e. The van der Waals surface area contributed by atoms with Gasteiger partial charge in [0.25, 0.3) is 0 Å². The summed E-state index contributed by atoms with van der Waals surface area (Å²) in [6, 6.07) is 0.453. The van der Waals surface area contributed by atoms with Crippen LogP contribution in [0.25, 0.3) is 0 Å². The van der Waals surface area contributed by atoms with Crippen LogP contribution in [0, 0.1) is 19.3 Å². The van der Waals surface area contributed by atoms with E-state index in [0.29, 0.717) is 12.6 Å². The highest BCUT2D eigenvalue weighted by Gasteiger charge is 2.30. The van der Waals surface area contributed by atoms with E-state index in [1.807, 2.05) is 6.92 Å². The third-order valence-electron chi connectivity index (χ3n) is 3.48. The van der Waals surface area contributed by atoms with Crippen LogP contribution in [0.3, 0.4) is 0 Å². The predicted molar refractivity (Wildman–Crippen MR) is 87.3 cm³/mol. The second-order valence-corrected chi connectivity index (χ2v) is 6.97. The lowest BCUT2D eigenvalue weighted by Crippen LogP contribution is -2.26. The van der Waals surface area contributed by atoms with Crippen molar-refractivity contribution in [2.75, 3.05) is 6.61 Å². The van der Waals surface area contributed by atoms with Crippen LogP contribution in [0.1, 0.15) is 70.4 Å². The average Bonchev–Trinajstić information content (AvgIpc) is 2.32. The Balaban J connectivity index is 3.11. The lowest BCUT2D eigenvalue weighted by Gasteiger charge is -2.29. The molecule has 0 aliphatic heterocycles. The van der Waals surface area contributed by atoms with Gasteiger partial charge in [0.1, 0.15) is 6.10 Å². The number of aromatic nitrogens is 2. The van der Waals surface area contributed by atoms with Crippen LogP contribution in [0.15, 0.2) is 0 Å². The fourth-order valence-corrected chi connectivity index (χ4v) is 2.32. The predicted octanol–water partition coefficient (Wildman–Crippen LogP) is 3.72. The van der Waals surface area contributed by atoms with Crippen molar-refractivity contribution in [2.24, 2.45) is 5.41 Å². The number of aryl methyl sites for hydroxylation is 2. The number of rotatable bonds is 6. The van der Waals surface area contributed by atoms with Crippen molar-refractivity contribution in [3.05, 3.63) is 22.8 Å². The molecular formula is C17H31N3O. The molecule has 120 valence electrons. The van der Waals surface area contributed by atoms with Crippen molar-refractivity contribution >= 4 is 0 Å². The Bertz CT molecular complexity index is 441. The monoisotopic (exact) mass is 293 g/mol. The van der Waals surface area contributed by atoms with Crippen molar-refractivity contribution in [1.82, 2.24) is 15.3 Å². The fourth-order valence-electron chi connectivity index (χ4n) is 2.32. The van der Waals surface area contributed by atoms with Gasteiger partial charge in [-0.3, -0.25) is 0 Å². The summed E-state index contributed by atoms with van der Waals surface area (Å²) in [5.74, 6) is 0.799. The highest BCUT2D eigenvalue weighted by atomic mass is 16.5. The topological polar surface area (TPSA) is 47.0 Å². The lowest BCUT2D eigenvalue weighted by molar-refractivity contribution is -0.0193. The first kappa shape index (κ1) is 18.1. The number of nitrogens with zero attached hydrogens (tertiary/aromatic N) is 2. The summed E-state index contributed by atoms with van der Waals surface area (Å²) in [6.07, 6.45) is -0.0768. The molecule has 0 spiro atoms. The molecule has 1 atom stereocenters. The molecule has 1 unspecified atom stereocenters. The Hall–Kier alpha value is -1.00. The molecule has 1 aromatic rings. The van der Waals surface area contributed by atoms with Crippen LogP contribution in [-0.4, -0.2) is 22.6 Å². The second-order valence-electron chi connectivity index (χ2n) is 6.97. The summed E-state index contributed by atoms with van der Waals surface area (Å²) in [4.78, 5) is 9.44. The van der Waals surface area contributed by atoms with Gasteiger partial charge in [0, 0.05) is 36.1 Å². The molecule has 4 nitrogen and oxygen atoms in total. The van der Waals surface area contributed by atoms with Gasteiger partial charge in [0.05, 0.1) is 0 Å². The molecule has 0 saturated heterocycles. The van der Waals surface area contributed by atoms with Crippen LogP contribution in [0.2, 0.25) is 0 Å². The van der Waals surface area contributed by atoms with E-state index < -0.39 is 0 Å². The second kappa shape index (κ2) is 7.32. The fraction of sp³-hybridized carbons (Fsp3) is 0.765. The number of nitrogens with one attached hydrogen (secondary N) is 1.